The monoisotopic (exact) mass is 325 g/mol. The molecule has 0 saturated heterocycles. The van der Waals surface area contributed by atoms with Crippen LogP contribution in [-0.4, -0.2) is 31.2 Å². The Bertz CT molecular complexity index is 844. The fourth-order valence-electron chi connectivity index (χ4n) is 2.34. The fraction of sp³-hybridized carbons (Fsp3) is 0.235. The molecule has 7 heteroatoms. The molecule has 2 heterocycles. The molecule has 0 spiro atoms. The Morgan fingerprint density at radius 1 is 1.25 bits per heavy atom. The number of nitrogens with zero attached hydrogens (tertiary/aromatic N) is 2. The van der Waals surface area contributed by atoms with Crippen molar-refractivity contribution in [2.45, 2.75) is 26.8 Å². The van der Waals surface area contributed by atoms with Gasteiger partial charge in [-0.25, -0.2) is 4.98 Å². The van der Waals surface area contributed by atoms with Gasteiger partial charge in [-0.05, 0) is 51.1 Å². The van der Waals surface area contributed by atoms with Crippen LogP contribution in [0.25, 0.3) is 11.3 Å². The average Bonchev–Trinajstić information content (AvgIpc) is 3.16. The molecule has 7 nitrogen and oxygen atoms in total. The summed E-state index contributed by atoms with van der Waals surface area (Å²) >= 11 is 0. The Balaban J connectivity index is 1.72. The quantitative estimate of drug-likeness (QED) is 0.591. The third-order valence-electron chi connectivity index (χ3n) is 3.89. The van der Waals surface area contributed by atoms with Crippen molar-refractivity contribution in [1.29, 1.82) is 0 Å². The van der Waals surface area contributed by atoms with Gasteiger partial charge in [0, 0.05) is 11.3 Å². The van der Waals surface area contributed by atoms with E-state index < -0.39 is 0 Å². The third-order valence-corrected chi connectivity index (χ3v) is 3.89. The molecule has 2 aromatic heterocycles. The number of amides is 1. The van der Waals surface area contributed by atoms with E-state index in [0.29, 0.717) is 11.4 Å². The summed E-state index contributed by atoms with van der Waals surface area (Å²) in [7, 11) is 0. The van der Waals surface area contributed by atoms with Crippen molar-refractivity contribution in [3.8, 4) is 17.0 Å². The van der Waals surface area contributed by atoms with Gasteiger partial charge >= 0.3 is 0 Å². The normalized spacial score (nSPS) is 12.1. The van der Waals surface area contributed by atoms with Crippen LogP contribution in [0.5, 0.6) is 5.75 Å². The summed E-state index contributed by atoms with van der Waals surface area (Å²) in [6, 6.07) is 8.06. The predicted octanol–water partition coefficient (Wildman–Crippen LogP) is 2.61. The molecule has 0 aliphatic carbocycles. The molecule has 0 bridgehead atoms. The first-order valence-corrected chi connectivity index (χ1v) is 7.63. The molecule has 0 aliphatic heterocycles. The van der Waals surface area contributed by atoms with Gasteiger partial charge in [-0.1, -0.05) is 0 Å². The van der Waals surface area contributed by atoms with Gasteiger partial charge < -0.3 is 15.4 Å². The Morgan fingerprint density at radius 3 is 2.58 bits per heavy atom. The summed E-state index contributed by atoms with van der Waals surface area (Å²) in [6.07, 6.45) is 0. The summed E-state index contributed by atoms with van der Waals surface area (Å²) in [6.45, 7) is 5.73. The van der Waals surface area contributed by atoms with Crippen molar-refractivity contribution in [3.63, 3.8) is 0 Å². The number of phenols is 1. The predicted molar refractivity (Wildman–Crippen MR) is 89.6 cm³/mol. The Kier molecular flexibility index (Phi) is 4.07. The van der Waals surface area contributed by atoms with E-state index in [2.05, 4.69) is 25.5 Å². The maximum absolute atomic E-state index is 12.4. The topological polar surface area (TPSA) is 107 Å². The first kappa shape index (κ1) is 15.8. The lowest BCUT2D eigenvalue weighted by molar-refractivity contribution is 0.0933. The highest BCUT2D eigenvalue weighted by Gasteiger charge is 2.17. The molecule has 3 aromatic rings. The summed E-state index contributed by atoms with van der Waals surface area (Å²) in [4.78, 5) is 19.9. The molecule has 0 radical (unpaired) electrons. The maximum atomic E-state index is 12.4. The van der Waals surface area contributed by atoms with Crippen molar-refractivity contribution in [3.05, 3.63) is 53.2 Å². The molecule has 1 amide bonds. The van der Waals surface area contributed by atoms with Crippen molar-refractivity contribution in [2.24, 2.45) is 0 Å². The van der Waals surface area contributed by atoms with Crippen molar-refractivity contribution < 1.29 is 9.90 Å². The minimum Gasteiger partial charge on any atom is -0.508 e. The maximum Gasteiger partial charge on any atom is 0.269 e. The number of hydrogen-bond acceptors (Lipinski definition) is 4. The van der Waals surface area contributed by atoms with E-state index in [9.17, 15) is 9.90 Å². The van der Waals surface area contributed by atoms with Gasteiger partial charge in [0.05, 0.1) is 17.4 Å². The van der Waals surface area contributed by atoms with Crippen LogP contribution in [0, 0.1) is 13.8 Å². The molecule has 1 unspecified atom stereocenters. The first-order chi connectivity index (χ1) is 11.4. The summed E-state index contributed by atoms with van der Waals surface area (Å²) in [5, 5.41) is 19.1. The van der Waals surface area contributed by atoms with Gasteiger partial charge in [0.15, 0.2) is 0 Å². The number of aromatic nitrogens is 4. The Labute approximate surface area is 139 Å². The van der Waals surface area contributed by atoms with E-state index in [1.807, 2.05) is 20.8 Å². The highest BCUT2D eigenvalue weighted by Crippen LogP contribution is 2.21. The van der Waals surface area contributed by atoms with Crippen LogP contribution in [0.3, 0.4) is 0 Å². The molecule has 0 aliphatic rings. The van der Waals surface area contributed by atoms with E-state index >= 15 is 0 Å². The standard InChI is InChI=1S/C17H19N5O2/c1-9-10(2)19-16(18-9)11(3)20-17(24)15-8-14(21-22-15)12-4-6-13(23)7-5-12/h4-8,11,23H,1-3H3,(H,18,19)(H,20,24)(H,21,22). The number of aromatic hydroxyl groups is 1. The summed E-state index contributed by atoms with van der Waals surface area (Å²) < 4.78 is 0. The molecular weight excluding hydrogens is 306 g/mol. The van der Waals surface area contributed by atoms with Crippen molar-refractivity contribution in [2.75, 3.05) is 0 Å². The van der Waals surface area contributed by atoms with E-state index in [4.69, 9.17) is 0 Å². The van der Waals surface area contributed by atoms with Gasteiger partial charge in [0.1, 0.15) is 17.3 Å². The molecule has 24 heavy (non-hydrogen) atoms. The zero-order valence-electron chi connectivity index (χ0n) is 13.7. The second-order valence-electron chi connectivity index (χ2n) is 5.74. The minimum atomic E-state index is -0.258. The first-order valence-electron chi connectivity index (χ1n) is 7.63. The highest BCUT2D eigenvalue weighted by molar-refractivity contribution is 5.93. The number of rotatable bonds is 4. The highest BCUT2D eigenvalue weighted by atomic mass is 16.3. The number of imidazole rings is 1. The smallest absolute Gasteiger partial charge is 0.269 e. The summed E-state index contributed by atoms with van der Waals surface area (Å²) in [5.74, 6) is 0.647. The molecule has 1 aromatic carbocycles. The van der Waals surface area contributed by atoms with Crippen LogP contribution >= 0.6 is 0 Å². The van der Waals surface area contributed by atoms with Crippen LogP contribution in [-0.2, 0) is 0 Å². The van der Waals surface area contributed by atoms with Gasteiger partial charge in [0.25, 0.3) is 5.91 Å². The second kappa shape index (κ2) is 6.19. The minimum absolute atomic E-state index is 0.185. The summed E-state index contributed by atoms with van der Waals surface area (Å²) in [5.41, 5.74) is 3.72. The molecule has 1 atom stereocenters. The largest absolute Gasteiger partial charge is 0.508 e. The number of H-pyrrole nitrogens is 2. The average molecular weight is 325 g/mol. The second-order valence-corrected chi connectivity index (χ2v) is 5.74. The fourth-order valence-corrected chi connectivity index (χ4v) is 2.34. The third kappa shape index (κ3) is 3.15. The van der Waals surface area contributed by atoms with Crippen LogP contribution < -0.4 is 5.32 Å². The van der Waals surface area contributed by atoms with Crippen LogP contribution in [0.15, 0.2) is 30.3 Å². The SMILES string of the molecule is Cc1nc(C(C)NC(=O)c2cc(-c3ccc(O)cc3)n[nH]2)[nH]c1C. The molecule has 3 rings (SSSR count). The van der Waals surface area contributed by atoms with E-state index in [0.717, 1.165) is 22.8 Å². The van der Waals surface area contributed by atoms with Crippen LogP contribution in [0.4, 0.5) is 0 Å². The zero-order valence-corrected chi connectivity index (χ0v) is 13.7. The zero-order chi connectivity index (χ0) is 17.3. The van der Waals surface area contributed by atoms with Crippen molar-refractivity contribution >= 4 is 5.91 Å². The Morgan fingerprint density at radius 2 is 1.96 bits per heavy atom. The lowest BCUT2D eigenvalue weighted by atomic mass is 10.1. The molecule has 124 valence electrons. The molecular formula is C17H19N5O2. The van der Waals surface area contributed by atoms with E-state index in [1.165, 1.54) is 0 Å². The molecule has 0 saturated carbocycles. The molecule has 0 fully saturated rings. The lowest BCUT2D eigenvalue weighted by Gasteiger charge is -2.10. The van der Waals surface area contributed by atoms with Gasteiger partial charge in [-0.3, -0.25) is 9.89 Å². The van der Waals surface area contributed by atoms with E-state index in [1.54, 1.807) is 30.3 Å². The van der Waals surface area contributed by atoms with Gasteiger partial charge in [-0.2, -0.15) is 5.10 Å². The molecule has 4 N–H and O–H groups in total. The van der Waals surface area contributed by atoms with Gasteiger partial charge in [-0.15, -0.1) is 0 Å². The van der Waals surface area contributed by atoms with Crippen molar-refractivity contribution in [1.82, 2.24) is 25.5 Å². The lowest BCUT2D eigenvalue weighted by Crippen LogP contribution is -2.27. The van der Waals surface area contributed by atoms with Gasteiger partial charge in [0.2, 0.25) is 0 Å². The van der Waals surface area contributed by atoms with Crippen LogP contribution in [0.2, 0.25) is 0 Å². The number of phenolic OH excluding ortho intramolecular Hbond substituents is 1. The Hall–Kier alpha value is -3.09. The number of carbonyl (C=O) groups is 1. The van der Waals surface area contributed by atoms with Crippen LogP contribution in [0.1, 0.15) is 40.7 Å². The number of aromatic amines is 2. The number of aryl methyl sites for hydroxylation is 2. The van der Waals surface area contributed by atoms with E-state index in [-0.39, 0.29) is 17.7 Å². The number of carbonyl (C=O) groups excluding carboxylic acids is 1. The number of nitrogens with one attached hydrogen (secondary N) is 3. The number of hydrogen-bond donors (Lipinski definition) is 4. The number of benzene rings is 1.